The zero-order valence-electron chi connectivity index (χ0n) is 11.0. The average molecular weight is 261 g/mol. The van der Waals surface area contributed by atoms with E-state index in [1.807, 2.05) is 6.92 Å². The van der Waals surface area contributed by atoms with Gasteiger partial charge in [-0.25, -0.2) is 4.39 Å². The van der Waals surface area contributed by atoms with Crippen molar-refractivity contribution in [1.82, 2.24) is 15.5 Å². The molecule has 0 amide bonds. The highest BCUT2D eigenvalue weighted by Crippen LogP contribution is 2.28. The summed E-state index contributed by atoms with van der Waals surface area (Å²) < 4.78 is 18.5. The number of aryl methyl sites for hydroxylation is 1. The quantitative estimate of drug-likeness (QED) is 0.903. The van der Waals surface area contributed by atoms with Crippen molar-refractivity contribution in [3.63, 3.8) is 0 Å². The van der Waals surface area contributed by atoms with Gasteiger partial charge in [-0.1, -0.05) is 5.16 Å². The molecule has 19 heavy (non-hydrogen) atoms. The van der Waals surface area contributed by atoms with Crippen LogP contribution >= 0.6 is 0 Å². The zero-order valence-corrected chi connectivity index (χ0v) is 11.0. The second-order valence-corrected chi connectivity index (χ2v) is 5.05. The molecule has 0 aliphatic carbocycles. The minimum atomic E-state index is -0.251. The topological polar surface area (TPSA) is 51.0 Å². The third-order valence-corrected chi connectivity index (χ3v) is 3.71. The lowest BCUT2D eigenvalue weighted by atomic mass is 10.0. The van der Waals surface area contributed by atoms with Gasteiger partial charge < -0.3 is 9.84 Å². The van der Waals surface area contributed by atoms with Gasteiger partial charge in [0.15, 0.2) is 0 Å². The van der Waals surface area contributed by atoms with E-state index >= 15 is 0 Å². The van der Waals surface area contributed by atoms with Crippen LogP contribution in [0.4, 0.5) is 4.39 Å². The number of nitrogens with one attached hydrogen (secondary N) is 1. The van der Waals surface area contributed by atoms with Crippen LogP contribution in [0.1, 0.15) is 30.7 Å². The number of benzene rings is 1. The normalized spacial score (nSPS) is 22.9. The van der Waals surface area contributed by atoms with Gasteiger partial charge >= 0.3 is 0 Å². The van der Waals surface area contributed by atoms with Gasteiger partial charge in [0.1, 0.15) is 5.82 Å². The molecule has 1 saturated heterocycles. The first-order valence-corrected chi connectivity index (χ1v) is 6.48. The molecule has 2 heterocycles. The van der Waals surface area contributed by atoms with Crippen molar-refractivity contribution in [3.8, 4) is 11.4 Å². The maximum Gasteiger partial charge on any atom is 0.231 e. The summed E-state index contributed by atoms with van der Waals surface area (Å²) in [4.78, 5) is 4.46. The summed E-state index contributed by atoms with van der Waals surface area (Å²) in [6, 6.07) is 4.93. The first kappa shape index (κ1) is 12.3. The summed E-state index contributed by atoms with van der Waals surface area (Å²) in [6.45, 7) is 4.93. The largest absolute Gasteiger partial charge is 0.339 e. The number of nitrogens with zero attached hydrogens (tertiary/aromatic N) is 2. The van der Waals surface area contributed by atoms with E-state index in [0.29, 0.717) is 17.8 Å². The van der Waals surface area contributed by atoms with E-state index in [0.717, 1.165) is 24.1 Å². The molecule has 3 rings (SSSR count). The molecule has 1 aliphatic rings. The van der Waals surface area contributed by atoms with Crippen molar-refractivity contribution >= 4 is 0 Å². The monoisotopic (exact) mass is 261 g/mol. The summed E-state index contributed by atoms with van der Waals surface area (Å²) in [7, 11) is 0. The Morgan fingerprint density at radius 3 is 2.95 bits per heavy atom. The van der Waals surface area contributed by atoms with E-state index in [9.17, 15) is 4.39 Å². The molecule has 0 bridgehead atoms. The average Bonchev–Trinajstić information content (AvgIpc) is 2.97. The highest BCUT2D eigenvalue weighted by atomic mass is 19.1. The molecule has 1 aromatic heterocycles. The predicted molar refractivity (Wildman–Crippen MR) is 69.3 cm³/mol. The van der Waals surface area contributed by atoms with Crippen molar-refractivity contribution in [2.45, 2.75) is 32.2 Å². The van der Waals surface area contributed by atoms with Gasteiger partial charge in [-0.3, -0.25) is 0 Å². The molecule has 0 radical (unpaired) electrons. The van der Waals surface area contributed by atoms with Gasteiger partial charge in [0.25, 0.3) is 0 Å². The lowest BCUT2D eigenvalue weighted by Gasteiger charge is -2.08. The van der Waals surface area contributed by atoms with Crippen molar-refractivity contribution < 1.29 is 8.91 Å². The Hall–Kier alpha value is -1.75. The number of rotatable bonds is 2. The van der Waals surface area contributed by atoms with Crippen LogP contribution in [0.2, 0.25) is 0 Å². The van der Waals surface area contributed by atoms with Crippen LogP contribution in [0.15, 0.2) is 22.7 Å². The molecular formula is C14H16FN3O. The van der Waals surface area contributed by atoms with Gasteiger partial charge in [-0.15, -0.1) is 0 Å². The molecule has 2 aromatic rings. The first-order valence-electron chi connectivity index (χ1n) is 6.48. The number of aromatic nitrogens is 2. The van der Waals surface area contributed by atoms with E-state index in [2.05, 4.69) is 22.4 Å². The molecule has 1 aromatic carbocycles. The van der Waals surface area contributed by atoms with Crippen LogP contribution < -0.4 is 5.32 Å². The van der Waals surface area contributed by atoms with Crippen LogP contribution in [0.25, 0.3) is 11.4 Å². The molecular weight excluding hydrogens is 245 g/mol. The second-order valence-electron chi connectivity index (χ2n) is 5.05. The maximum absolute atomic E-state index is 13.1. The smallest absolute Gasteiger partial charge is 0.231 e. The van der Waals surface area contributed by atoms with Crippen molar-refractivity contribution in [3.05, 3.63) is 35.5 Å². The third kappa shape index (κ3) is 2.26. The summed E-state index contributed by atoms with van der Waals surface area (Å²) in [5, 5.41) is 7.38. The number of halogens is 1. The van der Waals surface area contributed by atoms with Crippen LogP contribution in [-0.4, -0.2) is 22.7 Å². The molecule has 2 unspecified atom stereocenters. The van der Waals surface area contributed by atoms with E-state index in [1.165, 1.54) is 12.1 Å². The molecule has 1 aliphatic heterocycles. The van der Waals surface area contributed by atoms with Crippen LogP contribution in [0.3, 0.4) is 0 Å². The lowest BCUT2D eigenvalue weighted by molar-refractivity contribution is 0.345. The van der Waals surface area contributed by atoms with Crippen LogP contribution in [0.5, 0.6) is 0 Å². The van der Waals surface area contributed by atoms with Gasteiger partial charge in [-0.2, -0.15) is 4.98 Å². The van der Waals surface area contributed by atoms with Crippen LogP contribution in [0, 0.1) is 12.7 Å². The summed E-state index contributed by atoms with van der Waals surface area (Å²) >= 11 is 0. The van der Waals surface area contributed by atoms with E-state index < -0.39 is 0 Å². The molecule has 0 spiro atoms. The third-order valence-electron chi connectivity index (χ3n) is 3.71. The SMILES string of the molecule is Cc1cc(F)ccc1-c1noc(C2CCNC2C)n1. The number of hydrogen-bond acceptors (Lipinski definition) is 4. The first-order chi connectivity index (χ1) is 9.15. The van der Waals surface area contributed by atoms with Crippen molar-refractivity contribution in [2.24, 2.45) is 0 Å². The predicted octanol–water partition coefficient (Wildman–Crippen LogP) is 2.65. The maximum atomic E-state index is 13.1. The Morgan fingerprint density at radius 1 is 1.42 bits per heavy atom. The fourth-order valence-electron chi connectivity index (χ4n) is 2.57. The molecule has 1 fully saturated rings. The van der Waals surface area contributed by atoms with Gasteiger partial charge in [0.2, 0.25) is 11.7 Å². The summed E-state index contributed by atoms with van der Waals surface area (Å²) in [6.07, 6.45) is 1.01. The van der Waals surface area contributed by atoms with Gasteiger partial charge in [0, 0.05) is 11.6 Å². The number of hydrogen-bond donors (Lipinski definition) is 1. The van der Waals surface area contributed by atoms with Crippen molar-refractivity contribution in [2.75, 3.05) is 6.54 Å². The van der Waals surface area contributed by atoms with E-state index in [-0.39, 0.29) is 11.7 Å². The molecule has 1 N–H and O–H groups in total. The van der Waals surface area contributed by atoms with Crippen LogP contribution in [-0.2, 0) is 0 Å². The minimum absolute atomic E-state index is 0.251. The molecule has 5 heteroatoms. The zero-order chi connectivity index (χ0) is 13.4. The fourth-order valence-corrected chi connectivity index (χ4v) is 2.57. The summed E-state index contributed by atoms with van der Waals surface area (Å²) in [5.74, 6) is 1.21. The molecule has 2 atom stereocenters. The standard InChI is InChI=1S/C14H16FN3O/c1-8-7-10(15)3-4-11(8)13-17-14(19-18-13)12-5-6-16-9(12)2/h3-4,7,9,12,16H,5-6H2,1-2H3. The van der Waals surface area contributed by atoms with Crippen molar-refractivity contribution in [1.29, 1.82) is 0 Å². The highest BCUT2D eigenvalue weighted by molar-refractivity contribution is 5.59. The Morgan fingerprint density at radius 2 is 2.26 bits per heavy atom. The van der Waals surface area contributed by atoms with Gasteiger partial charge in [0.05, 0.1) is 5.92 Å². The Balaban J connectivity index is 1.92. The second kappa shape index (κ2) is 4.74. The lowest BCUT2D eigenvalue weighted by Crippen LogP contribution is -2.21. The highest BCUT2D eigenvalue weighted by Gasteiger charge is 2.29. The molecule has 100 valence electrons. The Kier molecular flexibility index (Phi) is 3.06. The summed E-state index contributed by atoms with van der Waals surface area (Å²) in [5.41, 5.74) is 1.62. The molecule has 4 nitrogen and oxygen atoms in total. The fraction of sp³-hybridized carbons (Fsp3) is 0.429. The molecule has 0 saturated carbocycles. The Labute approximate surface area is 111 Å². The van der Waals surface area contributed by atoms with Gasteiger partial charge in [-0.05, 0) is 50.6 Å². The van der Waals surface area contributed by atoms with E-state index in [1.54, 1.807) is 6.07 Å². The Bertz CT molecular complexity index is 596. The minimum Gasteiger partial charge on any atom is -0.339 e. The van der Waals surface area contributed by atoms with E-state index in [4.69, 9.17) is 4.52 Å².